The minimum Gasteiger partial charge on any atom is -0.348 e. The summed E-state index contributed by atoms with van der Waals surface area (Å²) in [4.78, 5) is 12.0. The molecule has 2 rings (SSSR count). The summed E-state index contributed by atoms with van der Waals surface area (Å²) in [5.74, 6) is -0.0406. The van der Waals surface area contributed by atoms with Crippen molar-refractivity contribution in [3.63, 3.8) is 0 Å². The van der Waals surface area contributed by atoms with Crippen molar-refractivity contribution in [3.05, 3.63) is 34.9 Å². The van der Waals surface area contributed by atoms with Crippen LogP contribution in [0.2, 0.25) is 5.02 Å². The molecule has 0 aliphatic carbocycles. The number of carbonyl (C=O) groups excluding carboxylic acids is 1. The first-order valence-corrected chi connectivity index (χ1v) is 6.40. The fraction of sp³-hybridized carbons (Fsp3) is 0.462. The highest BCUT2D eigenvalue weighted by atomic mass is 35.5. The standard InChI is InChI=1S/C13H17ClN2O/c14-11-5-3-4-10(8-11)13(17)16-12-6-1-2-7-15-9-12/h3-5,8,12,15H,1-2,6-7,9H2,(H,16,17). The Bertz CT molecular complexity index is 387. The first-order valence-electron chi connectivity index (χ1n) is 6.03. The topological polar surface area (TPSA) is 41.1 Å². The summed E-state index contributed by atoms with van der Waals surface area (Å²) in [6.07, 6.45) is 3.39. The van der Waals surface area contributed by atoms with E-state index in [0.29, 0.717) is 10.6 Å². The van der Waals surface area contributed by atoms with Gasteiger partial charge in [0.1, 0.15) is 0 Å². The highest BCUT2D eigenvalue weighted by Gasteiger charge is 2.15. The molecule has 0 saturated carbocycles. The third-order valence-corrected chi connectivity index (χ3v) is 3.20. The van der Waals surface area contributed by atoms with E-state index in [1.165, 1.54) is 6.42 Å². The zero-order valence-corrected chi connectivity index (χ0v) is 10.5. The lowest BCUT2D eigenvalue weighted by Crippen LogP contribution is -2.40. The van der Waals surface area contributed by atoms with Gasteiger partial charge in [-0.1, -0.05) is 24.1 Å². The molecule has 1 aromatic carbocycles. The number of nitrogens with one attached hydrogen (secondary N) is 2. The molecular weight excluding hydrogens is 236 g/mol. The van der Waals surface area contributed by atoms with Crippen LogP contribution in [0.15, 0.2) is 24.3 Å². The molecule has 1 heterocycles. The summed E-state index contributed by atoms with van der Waals surface area (Å²) < 4.78 is 0. The molecule has 0 aromatic heterocycles. The average molecular weight is 253 g/mol. The molecule has 1 unspecified atom stereocenters. The summed E-state index contributed by atoms with van der Waals surface area (Å²) in [7, 11) is 0. The third-order valence-electron chi connectivity index (χ3n) is 2.97. The smallest absolute Gasteiger partial charge is 0.251 e. The molecule has 17 heavy (non-hydrogen) atoms. The molecule has 1 aliphatic rings. The summed E-state index contributed by atoms with van der Waals surface area (Å²) >= 11 is 5.87. The highest BCUT2D eigenvalue weighted by molar-refractivity contribution is 6.30. The van der Waals surface area contributed by atoms with Crippen LogP contribution in [-0.2, 0) is 0 Å². The minimum absolute atomic E-state index is 0.0406. The first-order chi connectivity index (χ1) is 8.25. The molecule has 1 saturated heterocycles. The van der Waals surface area contributed by atoms with Gasteiger partial charge in [0.15, 0.2) is 0 Å². The molecule has 4 heteroatoms. The fourth-order valence-electron chi connectivity index (χ4n) is 2.04. The molecule has 1 aliphatic heterocycles. The van der Waals surface area contributed by atoms with Crippen molar-refractivity contribution < 1.29 is 4.79 Å². The van der Waals surface area contributed by atoms with Crippen molar-refractivity contribution >= 4 is 17.5 Å². The first kappa shape index (κ1) is 12.4. The van der Waals surface area contributed by atoms with Crippen molar-refractivity contribution in [1.82, 2.24) is 10.6 Å². The van der Waals surface area contributed by atoms with Gasteiger partial charge in [0, 0.05) is 23.2 Å². The van der Waals surface area contributed by atoms with Crippen LogP contribution >= 0.6 is 11.6 Å². The van der Waals surface area contributed by atoms with Gasteiger partial charge in [-0.3, -0.25) is 4.79 Å². The van der Waals surface area contributed by atoms with E-state index in [-0.39, 0.29) is 11.9 Å². The van der Waals surface area contributed by atoms with Crippen LogP contribution in [-0.4, -0.2) is 25.0 Å². The second-order valence-corrected chi connectivity index (χ2v) is 4.82. The van der Waals surface area contributed by atoms with Gasteiger partial charge in [-0.25, -0.2) is 0 Å². The lowest BCUT2D eigenvalue weighted by Gasteiger charge is -2.16. The summed E-state index contributed by atoms with van der Waals surface area (Å²) in [6, 6.07) is 7.27. The maximum atomic E-state index is 12.0. The SMILES string of the molecule is O=C(NC1CCCCNC1)c1cccc(Cl)c1. The van der Waals surface area contributed by atoms with E-state index in [1.54, 1.807) is 24.3 Å². The molecule has 2 N–H and O–H groups in total. The lowest BCUT2D eigenvalue weighted by molar-refractivity contribution is 0.0935. The number of rotatable bonds is 2. The molecule has 0 bridgehead atoms. The van der Waals surface area contributed by atoms with Crippen LogP contribution in [0.25, 0.3) is 0 Å². The molecule has 0 spiro atoms. The number of carbonyl (C=O) groups is 1. The Morgan fingerprint density at radius 3 is 3.12 bits per heavy atom. The highest BCUT2D eigenvalue weighted by Crippen LogP contribution is 2.11. The zero-order valence-electron chi connectivity index (χ0n) is 9.71. The number of halogens is 1. The third kappa shape index (κ3) is 3.72. The Morgan fingerprint density at radius 2 is 2.29 bits per heavy atom. The molecule has 1 fully saturated rings. The van der Waals surface area contributed by atoms with Crippen LogP contribution in [0, 0.1) is 0 Å². The summed E-state index contributed by atoms with van der Waals surface area (Å²) in [6.45, 7) is 1.90. The van der Waals surface area contributed by atoms with Gasteiger partial charge in [-0.05, 0) is 37.6 Å². The van der Waals surface area contributed by atoms with Gasteiger partial charge in [0.05, 0.1) is 0 Å². The quantitative estimate of drug-likeness (QED) is 0.847. The Morgan fingerprint density at radius 1 is 1.41 bits per heavy atom. The summed E-state index contributed by atoms with van der Waals surface area (Å²) in [5, 5.41) is 6.96. The van der Waals surface area contributed by atoms with E-state index in [9.17, 15) is 4.79 Å². The maximum absolute atomic E-state index is 12.0. The van der Waals surface area contributed by atoms with E-state index in [4.69, 9.17) is 11.6 Å². The second kappa shape index (κ2) is 6.03. The Labute approximate surface area is 107 Å². The number of benzene rings is 1. The Kier molecular flexibility index (Phi) is 4.40. The number of hydrogen-bond donors (Lipinski definition) is 2. The average Bonchev–Trinajstić information content (AvgIpc) is 2.57. The molecular formula is C13H17ClN2O. The van der Waals surface area contributed by atoms with Crippen molar-refractivity contribution in [1.29, 1.82) is 0 Å². The molecule has 3 nitrogen and oxygen atoms in total. The van der Waals surface area contributed by atoms with Gasteiger partial charge in [0.2, 0.25) is 0 Å². The van der Waals surface area contributed by atoms with Gasteiger partial charge in [-0.2, -0.15) is 0 Å². The molecule has 1 aromatic rings. The van der Waals surface area contributed by atoms with E-state index in [2.05, 4.69) is 10.6 Å². The zero-order chi connectivity index (χ0) is 12.1. The second-order valence-electron chi connectivity index (χ2n) is 4.38. The normalized spacial score (nSPS) is 20.6. The molecule has 0 radical (unpaired) electrons. The van der Waals surface area contributed by atoms with Crippen molar-refractivity contribution in [2.75, 3.05) is 13.1 Å². The monoisotopic (exact) mass is 252 g/mol. The lowest BCUT2D eigenvalue weighted by atomic mass is 10.1. The van der Waals surface area contributed by atoms with Crippen LogP contribution in [0.5, 0.6) is 0 Å². The molecule has 1 amide bonds. The molecule has 92 valence electrons. The fourth-order valence-corrected chi connectivity index (χ4v) is 2.23. The van der Waals surface area contributed by atoms with E-state index >= 15 is 0 Å². The predicted molar refractivity (Wildman–Crippen MR) is 69.4 cm³/mol. The van der Waals surface area contributed by atoms with Crippen LogP contribution in [0.4, 0.5) is 0 Å². The Hall–Kier alpha value is -1.06. The van der Waals surface area contributed by atoms with Crippen LogP contribution in [0.1, 0.15) is 29.6 Å². The van der Waals surface area contributed by atoms with E-state index < -0.39 is 0 Å². The maximum Gasteiger partial charge on any atom is 0.251 e. The van der Waals surface area contributed by atoms with Crippen molar-refractivity contribution in [3.8, 4) is 0 Å². The van der Waals surface area contributed by atoms with Gasteiger partial charge in [0.25, 0.3) is 5.91 Å². The Balaban J connectivity index is 1.96. The van der Waals surface area contributed by atoms with E-state index in [1.807, 2.05) is 0 Å². The van der Waals surface area contributed by atoms with Gasteiger partial charge in [-0.15, -0.1) is 0 Å². The number of hydrogen-bond acceptors (Lipinski definition) is 2. The minimum atomic E-state index is -0.0406. The van der Waals surface area contributed by atoms with E-state index in [0.717, 1.165) is 25.9 Å². The van der Waals surface area contributed by atoms with Crippen LogP contribution < -0.4 is 10.6 Å². The van der Waals surface area contributed by atoms with Crippen molar-refractivity contribution in [2.24, 2.45) is 0 Å². The van der Waals surface area contributed by atoms with Gasteiger partial charge >= 0.3 is 0 Å². The van der Waals surface area contributed by atoms with Crippen LogP contribution in [0.3, 0.4) is 0 Å². The summed E-state index contributed by atoms with van der Waals surface area (Å²) in [5.41, 5.74) is 0.627. The van der Waals surface area contributed by atoms with Crippen molar-refractivity contribution in [2.45, 2.75) is 25.3 Å². The van der Waals surface area contributed by atoms with Gasteiger partial charge < -0.3 is 10.6 Å². The number of amides is 1. The largest absolute Gasteiger partial charge is 0.348 e. The predicted octanol–water partition coefficient (Wildman–Crippen LogP) is 2.21. The molecule has 1 atom stereocenters.